The Morgan fingerprint density at radius 2 is 1.81 bits per heavy atom. The van der Waals surface area contributed by atoms with Gasteiger partial charge in [0.15, 0.2) is 5.75 Å². The van der Waals surface area contributed by atoms with Crippen LogP contribution in [0.2, 0.25) is 0 Å². The highest BCUT2D eigenvalue weighted by Crippen LogP contribution is 2.39. The summed E-state index contributed by atoms with van der Waals surface area (Å²) in [6.45, 7) is -0.0928. The normalized spacial score (nSPS) is 14.0. The lowest BCUT2D eigenvalue weighted by atomic mass is 10.1. The molecular weight excluding hydrogens is 470 g/mol. The second kappa shape index (κ2) is 9.97. The van der Waals surface area contributed by atoms with Crippen molar-refractivity contribution in [3.8, 4) is 11.5 Å². The number of nitrogens with one attached hydrogen (secondary N) is 1. The van der Waals surface area contributed by atoms with Crippen molar-refractivity contribution in [3.63, 3.8) is 0 Å². The molecule has 2 amide bonds. The second-order valence-electron chi connectivity index (χ2n) is 7.59. The summed E-state index contributed by atoms with van der Waals surface area (Å²) in [5.74, 6) is -2.48. The van der Waals surface area contributed by atoms with E-state index >= 15 is 0 Å². The molecule has 1 fully saturated rings. The fourth-order valence-corrected chi connectivity index (χ4v) is 3.51. The van der Waals surface area contributed by atoms with E-state index in [1.807, 2.05) is 0 Å². The van der Waals surface area contributed by atoms with Crippen LogP contribution < -0.4 is 19.9 Å². The van der Waals surface area contributed by atoms with Gasteiger partial charge in [0, 0.05) is 6.07 Å². The molecule has 0 spiro atoms. The molecule has 3 aromatic rings. The summed E-state index contributed by atoms with van der Waals surface area (Å²) < 4.78 is 11.0. The summed E-state index contributed by atoms with van der Waals surface area (Å²) in [6, 6.07) is 16.9. The lowest BCUT2D eigenvalue weighted by Gasteiger charge is -2.14. The Hall–Kier alpha value is -5.19. The van der Waals surface area contributed by atoms with Crippen LogP contribution in [0.1, 0.15) is 21.5 Å². The van der Waals surface area contributed by atoms with Crippen LogP contribution in [0.15, 0.2) is 72.3 Å². The number of hydrogen-bond acceptors (Lipinski definition) is 7. The van der Waals surface area contributed by atoms with Crippen molar-refractivity contribution in [1.29, 1.82) is 0 Å². The molecule has 0 aliphatic carbocycles. The number of carboxylic acids is 1. The minimum atomic E-state index is -1.08. The van der Waals surface area contributed by atoms with Gasteiger partial charge in [0.05, 0.1) is 23.3 Å². The number of aromatic carboxylic acids is 1. The highest BCUT2D eigenvalue weighted by atomic mass is 16.6. The molecule has 2 N–H and O–H groups in total. The summed E-state index contributed by atoms with van der Waals surface area (Å²) in [6.07, 6.45) is 1.24. The van der Waals surface area contributed by atoms with Crippen LogP contribution in [0.4, 0.5) is 11.4 Å². The number of ether oxygens (including phenoxy) is 2. The summed E-state index contributed by atoms with van der Waals surface area (Å²) in [4.78, 5) is 47.4. The summed E-state index contributed by atoms with van der Waals surface area (Å²) in [5.41, 5.74) is 3.15. The van der Waals surface area contributed by atoms with Gasteiger partial charge in [-0.2, -0.15) is 0 Å². The number of methoxy groups -OCH3 is 1. The van der Waals surface area contributed by atoms with Crippen molar-refractivity contribution in [2.24, 2.45) is 0 Å². The van der Waals surface area contributed by atoms with Crippen LogP contribution in [0.25, 0.3) is 6.08 Å². The van der Waals surface area contributed by atoms with Crippen molar-refractivity contribution in [3.05, 3.63) is 99.1 Å². The van der Waals surface area contributed by atoms with E-state index in [1.165, 1.54) is 49.6 Å². The number of anilines is 1. The molecule has 1 aliphatic rings. The quantitative estimate of drug-likeness (QED) is 0.212. The van der Waals surface area contributed by atoms with Crippen molar-refractivity contribution in [1.82, 2.24) is 5.43 Å². The van der Waals surface area contributed by atoms with E-state index < -0.39 is 28.4 Å². The fourth-order valence-electron chi connectivity index (χ4n) is 3.51. The third kappa shape index (κ3) is 4.85. The first-order valence-electron chi connectivity index (χ1n) is 10.5. The fraction of sp³-hybridized carbons (Fsp3) is 0.0800. The number of para-hydroxylation sites is 1. The topological polar surface area (TPSA) is 148 Å². The van der Waals surface area contributed by atoms with Crippen molar-refractivity contribution < 1.29 is 33.9 Å². The average Bonchev–Trinajstić information content (AvgIpc) is 3.16. The maximum Gasteiger partial charge on any atom is 0.335 e. The van der Waals surface area contributed by atoms with Gasteiger partial charge in [0.25, 0.3) is 11.8 Å². The number of nitro groups is 1. The lowest BCUT2D eigenvalue weighted by Crippen LogP contribution is -2.35. The molecule has 4 rings (SSSR count). The van der Waals surface area contributed by atoms with Gasteiger partial charge in [-0.05, 0) is 47.5 Å². The Morgan fingerprint density at radius 3 is 2.42 bits per heavy atom. The number of hydrogen-bond donors (Lipinski definition) is 2. The Balaban J connectivity index is 1.63. The largest absolute Gasteiger partial charge is 0.493 e. The Morgan fingerprint density at radius 1 is 1.11 bits per heavy atom. The monoisotopic (exact) mass is 489 g/mol. The number of nitro benzene ring substituents is 1. The van der Waals surface area contributed by atoms with Crippen molar-refractivity contribution >= 4 is 35.2 Å². The zero-order valence-corrected chi connectivity index (χ0v) is 18.8. The van der Waals surface area contributed by atoms with Crippen LogP contribution >= 0.6 is 0 Å². The highest BCUT2D eigenvalue weighted by Gasteiger charge is 2.34. The summed E-state index contributed by atoms with van der Waals surface area (Å²) in [7, 11) is 1.30. The molecule has 3 aromatic carbocycles. The smallest absolute Gasteiger partial charge is 0.335 e. The van der Waals surface area contributed by atoms with E-state index in [-0.39, 0.29) is 34.8 Å². The predicted molar refractivity (Wildman–Crippen MR) is 127 cm³/mol. The highest BCUT2D eigenvalue weighted by molar-refractivity contribution is 6.31. The van der Waals surface area contributed by atoms with Gasteiger partial charge in [0.2, 0.25) is 5.75 Å². The second-order valence-corrected chi connectivity index (χ2v) is 7.59. The minimum Gasteiger partial charge on any atom is -0.493 e. The van der Waals surface area contributed by atoms with Gasteiger partial charge in [-0.1, -0.05) is 30.3 Å². The first-order valence-corrected chi connectivity index (χ1v) is 10.5. The molecule has 11 heteroatoms. The number of carboxylic acid groups (broad SMARTS) is 1. The Kier molecular flexibility index (Phi) is 6.63. The third-order valence-electron chi connectivity index (χ3n) is 5.28. The maximum absolute atomic E-state index is 12.8. The molecule has 0 radical (unpaired) electrons. The number of amides is 2. The number of carbonyl (C=O) groups is 3. The number of hydrazine groups is 1. The molecule has 0 aromatic heterocycles. The molecule has 1 saturated heterocycles. The summed E-state index contributed by atoms with van der Waals surface area (Å²) in [5, 5.41) is 21.9. The Bertz CT molecular complexity index is 1380. The molecular formula is C25H19N3O8. The molecule has 0 bridgehead atoms. The predicted octanol–water partition coefficient (Wildman–Crippen LogP) is 3.34. The molecule has 0 saturated carbocycles. The maximum atomic E-state index is 12.8. The summed E-state index contributed by atoms with van der Waals surface area (Å²) >= 11 is 0. The molecule has 36 heavy (non-hydrogen) atoms. The van der Waals surface area contributed by atoms with Gasteiger partial charge in [-0.25, -0.2) is 9.80 Å². The lowest BCUT2D eigenvalue weighted by molar-refractivity contribution is -0.386. The first-order chi connectivity index (χ1) is 17.3. The van der Waals surface area contributed by atoms with Crippen LogP contribution in [-0.2, 0) is 16.2 Å². The molecule has 11 nitrogen and oxygen atoms in total. The number of benzene rings is 3. The van der Waals surface area contributed by atoms with E-state index in [0.717, 1.165) is 5.01 Å². The van der Waals surface area contributed by atoms with Gasteiger partial charge in [-0.15, -0.1) is 0 Å². The number of carbonyl (C=O) groups excluding carboxylic acids is 2. The van der Waals surface area contributed by atoms with E-state index in [2.05, 4.69) is 5.43 Å². The molecule has 1 heterocycles. The number of nitrogens with zero attached hydrogens (tertiary/aromatic N) is 2. The average molecular weight is 489 g/mol. The molecule has 182 valence electrons. The van der Waals surface area contributed by atoms with Crippen LogP contribution in [0.3, 0.4) is 0 Å². The van der Waals surface area contributed by atoms with Crippen LogP contribution in [0.5, 0.6) is 11.5 Å². The molecule has 1 aliphatic heterocycles. The van der Waals surface area contributed by atoms with E-state index in [0.29, 0.717) is 11.3 Å². The van der Waals surface area contributed by atoms with Gasteiger partial charge in [-0.3, -0.25) is 25.1 Å². The molecule has 0 unspecified atom stereocenters. The molecule has 0 atom stereocenters. The Labute approximate surface area is 204 Å². The van der Waals surface area contributed by atoms with E-state index in [1.54, 1.807) is 30.3 Å². The van der Waals surface area contributed by atoms with E-state index in [4.69, 9.17) is 14.6 Å². The number of rotatable bonds is 8. The zero-order valence-electron chi connectivity index (χ0n) is 18.8. The minimum absolute atomic E-state index is 0.0176. The van der Waals surface area contributed by atoms with Crippen molar-refractivity contribution in [2.45, 2.75) is 6.61 Å². The zero-order chi connectivity index (χ0) is 25.8. The van der Waals surface area contributed by atoms with E-state index in [9.17, 15) is 24.5 Å². The van der Waals surface area contributed by atoms with Crippen LogP contribution in [0, 0.1) is 10.1 Å². The van der Waals surface area contributed by atoms with Crippen molar-refractivity contribution in [2.75, 3.05) is 12.1 Å². The first kappa shape index (κ1) is 24.0. The third-order valence-corrected chi connectivity index (χ3v) is 5.28. The van der Waals surface area contributed by atoms with Gasteiger partial charge in [0.1, 0.15) is 12.2 Å². The van der Waals surface area contributed by atoms with Gasteiger partial charge < -0.3 is 14.6 Å². The standard InChI is InChI=1S/C25H19N3O8/c1-35-21-13-16(11-19-23(29)26-27(24(19)30)18-5-3-2-4-6-18)12-20(28(33)34)22(21)36-14-15-7-9-17(10-8-15)25(31)32/h2-13H,14H2,1H3,(H,26,29)(H,31,32)/b19-11-. The van der Waals surface area contributed by atoms with Gasteiger partial charge >= 0.3 is 11.7 Å². The SMILES string of the molecule is COc1cc(/C=C2/C(=O)NN(c3ccccc3)C2=O)cc([N+](=O)[O-])c1OCc1ccc(C(=O)O)cc1. The van der Waals surface area contributed by atoms with Crippen LogP contribution in [-0.4, -0.2) is 34.9 Å².